The van der Waals surface area contributed by atoms with Crippen LogP contribution in [0, 0.1) is 0 Å². The van der Waals surface area contributed by atoms with Gasteiger partial charge in [0.15, 0.2) is 0 Å². The quantitative estimate of drug-likeness (QED) is 0.724. The Bertz CT molecular complexity index is 998. The highest BCUT2D eigenvalue weighted by Crippen LogP contribution is 2.23. The number of methoxy groups -OCH3 is 1. The Morgan fingerprint density at radius 3 is 1.48 bits per heavy atom. The van der Waals surface area contributed by atoms with Crippen molar-refractivity contribution >= 4 is 31.6 Å². The van der Waals surface area contributed by atoms with Gasteiger partial charge >= 0.3 is 0 Å². The molecule has 0 radical (unpaired) electrons. The third-order valence-corrected chi connectivity index (χ3v) is 8.42. The molecular weight excluding hydrogens is 412 g/mol. The van der Waals surface area contributed by atoms with Crippen LogP contribution in [0.2, 0.25) is 5.02 Å². The average Bonchev–Trinajstić information content (AvgIpc) is 2.68. The lowest BCUT2D eigenvalue weighted by Crippen LogP contribution is -2.50. The number of piperazine rings is 1. The Morgan fingerprint density at radius 1 is 0.741 bits per heavy atom. The largest absolute Gasteiger partial charge is 0.497 e. The fourth-order valence-electron chi connectivity index (χ4n) is 2.80. The number of hydrogen-bond donors (Lipinski definition) is 0. The lowest BCUT2D eigenvalue weighted by molar-refractivity contribution is 0.273. The van der Waals surface area contributed by atoms with Crippen LogP contribution in [-0.4, -0.2) is 58.7 Å². The molecule has 1 aliphatic heterocycles. The summed E-state index contributed by atoms with van der Waals surface area (Å²) in [6, 6.07) is 12.0. The van der Waals surface area contributed by atoms with Gasteiger partial charge in [-0.05, 0) is 48.5 Å². The van der Waals surface area contributed by atoms with Crippen molar-refractivity contribution in [1.82, 2.24) is 8.61 Å². The van der Waals surface area contributed by atoms with Gasteiger partial charge in [-0.1, -0.05) is 11.6 Å². The fraction of sp³-hybridized carbons (Fsp3) is 0.294. The van der Waals surface area contributed by atoms with Gasteiger partial charge in [-0.25, -0.2) is 16.8 Å². The molecule has 146 valence electrons. The van der Waals surface area contributed by atoms with Crippen molar-refractivity contribution < 1.29 is 21.6 Å². The normalized spacial score (nSPS) is 17.0. The molecule has 0 spiro atoms. The predicted molar refractivity (Wildman–Crippen MR) is 102 cm³/mol. The Morgan fingerprint density at radius 2 is 1.11 bits per heavy atom. The first-order valence-corrected chi connectivity index (χ1v) is 11.4. The Kier molecular flexibility index (Phi) is 5.78. The molecule has 2 aromatic rings. The molecule has 1 saturated heterocycles. The smallest absolute Gasteiger partial charge is 0.243 e. The van der Waals surface area contributed by atoms with Crippen molar-refractivity contribution in [3.8, 4) is 5.75 Å². The van der Waals surface area contributed by atoms with Gasteiger partial charge in [0.1, 0.15) is 5.75 Å². The zero-order valence-electron chi connectivity index (χ0n) is 14.6. The monoisotopic (exact) mass is 430 g/mol. The van der Waals surface area contributed by atoms with Crippen molar-refractivity contribution in [3.05, 3.63) is 53.6 Å². The van der Waals surface area contributed by atoms with E-state index in [0.717, 1.165) is 0 Å². The highest BCUT2D eigenvalue weighted by Gasteiger charge is 2.33. The highest BCUT2D eigenvalue weighted by atomic mass is 35.5. The van der Waals surface area contributed by atoms with Crippen LogP contribution in [0.1, 0.15) is 0 Å². The maximum Gasteiger partial charge on any atom is 0.243 e. The van der Waals surface area contributed by atoms with E-state index in [1.165, 1.54) is 52.1 Å². The molecule has 0 atom stereocenters. The van der Waals surface area contributed by atoms with Crippen LogP contribution in [0.4, 0.5) is 0 Å². The van der Waals surface area contributed by atoms with Gasteiger partial charge in [-0.3, -0.25) is 0 Å². The van der Waals surface area contributed by atoms with Crippen molar-refractivity contribution in [2.45, 2.75) is 9.79 Å². The summed E-state index contributed by atoms with van der Waals surface area (Å²) in [6.45, 7) is 0.336. The summed E-state index contributed by atoms with van der Waals surface area (Å²) in [5.41, 5.74) is 0. The number of rotatable bonds is 5. The van der Waals surface area contributed by atoms with Crippen LogP contribution in [0.25, 0.3) is 0 Å². The molecule has 0 aliphatic carbocycles. The topological polar surface area (TPSA) is 84.0 Å². The van der Waals surface area contributed by atoms with E-state index in [9.17, 15) is 16.8 Å². The molecular formula is C17H19ClN2O5S2. The number of ether oxygens (including phenoxy) is 1. The van der Waals surface area contributed by atoms with Crippen LogP contribution in [-0.2, 0) is 20.0 Å². The molecule has 0 N–H and O–H groups in total. The van der Waals surface area contributed by atoms with E-state index in [4.69, 9.17) is 16.3 Å². The Labute approximate surface area is 164 Å². The second-order valence-corrected chi connectivity index (χ2v) is 10.2. The van der Waals surface area contributed by atoms with Gasteiger partial charge < -0.3 is 4.74 Å². The molecule has 1 aliphatic rings. The summed E-state index contributed by atoms with van der Waals surface area (Å²) >= 11 is 5.80. The Hall–Kier alpha value is -1.65. The summed E-state index contributed by atoms with van der Waals surface area (Å²) in [5.74, 6) is 0.563. The van der Waals surface area contributed by atoms with Gasteiger partial charge in [0, 0.05) is 31.2 Å². The fourth-order valence-corrected chi connectivity index (χ4v) is 5.77. The number of sulfonamides is 2. The van der Waals surface area contributed by atoms with Gasteiger partial charge in [0.2, 0.25) is 20.0 Å². The highest BCUT2D eigenvalue weighted by molar-refractivity contribution is 7.89. The summed E-state index contributed by atoms with van der Waals surface area (Å²) in [7, 11) is -5.87. The summed E-state index contributed by atoms with van der Waals surface area (Å²) in [6.07, 6.45) is 0. The molecule has 0 aromatic heterocycles. The minimum Gasteiger partial charge on any atom is -0.497 e. The van der Waals surface area contributed by atoms with Crippen LogP contribution >= 0.6 is 11.6 Å². The van der Waals surface area contributed by atoms with Gasteiger partial charge in [-0.15, -0.1) is 0 Å². The van der Waals surface area contributed by atoms with E-state index in [0.29, 0.717) is 10.8 Å². The molecule has 2 aromatic carbocycles. The standard InChI is InChI=1S/C17H19ClN2O5S2/c1-25-15-4-8-17(9-5-15)27(23,24)20-12-10-19(11-13-20)26(21,22)16-6-2-14(18)3-7-16/h2-9H,10-13H2,1H3. The first-order chi connectivity index (χ1) is 12.7. The summed E-state index contributed by atoms with van der Waals surface area (Å²) in [4.78, 5) is 0.288. The zero-order valence-corrected chi connectivity index (χ0v) is 17.0. The molecule has 0 bridgehead atoms. The number of halogens is 1. The van der Waals surface area contributed by atoms with E-state index in [2.05, 4.69) is 0 Å². The van der Waals surface area contributed by atoms with E-state index in [1.54, 1.807) is 12.1 Å². The second-order valence-electron chi connectivity index (χ2n) is 5.94. The van der Waals surface area contributed by atoms with Gasteiger partial charge in [-0.2, -0.15) is 8.61 Å². The number of hydrogen-bond acceptors (Lipinski definition) is 5. The third-order valence-electron chi connectivity index (χ3n) is 4.35. The molecule has 3 rings (SSSR count). The van der Waals surface area contributed by atoms with Crippen molar-refractivity contribution in [2.24, 2.45) is 0 Å². The van der Waals surface area contributed by atoms with E-state index in [1.807, 2.05) is 0 Å². The van der Waals surface area contributed by atoms with E-state index < -0.39 is 20.0 Å². The van der Waals surface area contributed by atoms with Crippen LogP contribution in [0.15, 0.2) is 58.3 Å². The lowest BCUT2D eigenvalue weighted by atomic mass is 10.3. The molecule has 10 heteroatoms. The minimum atomic E-state index is -3.69. The molecule has 1 heterocycles. The van der Waals surface area contributed by atoms with Crippen LogP contribution < -0.4 is 4.74 Å². The minimum absolute atomic E-state index is 0.0837. The SMILES string of the molecule is COc1ccc(S(=O)(=O)N2CCN(S(=O)(=O)c3ccc(Cl)cc3)CC2)cc1. The van der Waals surface area contributed by atoms with E-state index >= 15 is 0 Å². The predicted octanol–water partition coefficient (Wildman–Crippen LogP) is 2.04. The molecule has 27 heavy (non-hydrogen) atoms. The number of nitrogens with zero attached hydrogens (tertiary/aromatic N) is 2. The lowest BCUT2D eigenvalue weighted by Gasteiger charge is -2.33. The first kappa shape index (κ1) is 20.1. The first-order valence-electron chi connectivity index (χ1n) is 8.15. The van der Waals surface area contributed by atoms with Crippen molar-refractivity contribution in [1.29, 1.82) is 0 Å². The Balaban J connectivity index is 1.73. The zero-order chi connectivity index (χ0) is 19.7. The summed E-state index contributed by atoms with van der Waals surface area (Å²) in [5, 5.41) is 0.448. The van der Waals surface area contributed by atoms with Crippen LogP contribution in [0.5, 0.6) is 5.75 Å². The van der Waals surface area contributed by atoms with Gasteiger partial charge in [0.25, 0.3) is 0 Å². The molecule has 0 saturated carbocycles. The van der Waals surface area contributed by atoms with Crippen molar-refractivity contribution in [2.75, 3.05) is 33.3 Å². The summed E-state index contributed by atoms with van der Waals surface area (Å²) < 4.78 is 58.5. The number of benzene rings is 2. The van der Waals surface area contributed by atoms with Gasteiger partial charge in [0.05, 0.1) is 16.9 Å². The maximum atomic E-state index is 12.8. The maximum absolute atomic E-state index is 12.8. The van der Waals surface area contributed by atoms with E-state index in [-0.39, 0.29) is 36.0 Å². The van der Waals surface area contributed by atoms with Crippen molar-refractivity contribution in [3.63, 3.8) is 0 Å². The second kappa shape index (κ2) is 7.76. The van der Waals surface area contributed by atoms with Crippen LogP contribution in [0.3, 0.4) is 0 Å². The third kappa shape index (κ3) is 4.12. The molecule has 0 unspecified atom stereocenters. The molecule has 0 amide bonds. The molecule has 7 nitrogen and oxygen atoms in total. The average molecular weight is 431 g/mol. The molecule has 1 fully saturated rings.